The molecule has 0 spiro atoms. The fourth-order valence-corrected chi connectivity index (χ4v) is 3.92. The number of fused-ring (bicyclic) bond motifs is 4. The Labute approximate surface area is 152 Å². The molecule has 0 unspecified atom stereocenters. The topological polar surface area (TPSA) is 53.6 Å². The van der Waals surface area contributed by atoms with Crippen LogP contribution in [0.1, 0.15) is 18.5 Å². The summed E-state index contributed by atoms with van der Waals surface area (Å²) in [4.78, 5) is 15.0. The molecule has 0 aliphatic carbocycles. The summed E-state index contributed by atoms with van der Waals surface area (Å²) >= 11 is 5.46. The van der Waals surface area contributed by atoms with Gasteiger partial charge in [-0.2, -0.15) is 0 Å². The minimum absolute atomic E-state index is 0.102. The van der Waals surface area contributed by atoms with Crippen molar-refractivity contribution in [1.29, 1.82) is 0 Å². The van der Waals surface area contributed by atoms with Gasteiger partial charge in [0.05, 0.1) is 6.04 Å². The molecule has 2 aromatic rings. The molecule has 2 aliphatic heterocycles. The Bertz CT molecular complexity index is 842. The lowest BCUT2D eigenvalue weighted by Gasteiger charge is -2.54. The van der Waals surface area contributed by atoms with Crippen molar-refractivity contribution in [2.24, 2.45) is 5.92 Å². The molecule has 2 bridgehead atoms. The minimum atomic E-state index is -0.861. The summed E-state index contributed by atoms with van der Waals surface area (Å²) < 4.78 is 6.28. The highest BCUT2D eigenvalue weighted by Crippen LogP contribution is 2.47. The van der Waals surface area contributed by atoms with E-state index in [0.717, 1.165) is 17.0 Å². The van der Waals surface area contributed by atoms with Gasteiger partial charge in [-0.15, -0.1) is 0 Å². The fourth-order valence-electron chi connectivity index (χ4n) is 3.61. The summed E-state index contributed by atoms with van der Waals surface area (Å²) in [5, 5.41) is 6.89. The van der Waals surface area contributed by atoms with Crippen LogP contribution < -0.4 is 15.4 Å². The lowest BCUT2D eigenvalue weighted by molar-refractivity contribution is -0.146. The highest BCUT2D eigenvalue weighted by Gasteiger charge is 2.57. The highest BCUT2D eigenvalue weighted by atomic mass is 32.1. The molecule has 128 valence electrons. The van der Waals surface area contributed by atoms with Crippen LogP contribution in [0.2, 0.25) is 0 Å². The SMILES string of the molecule is CN1C(=S)N[C@H]2c3ccccc3O[C@@]1(C)[C@@H]2C(=O)Nc1ccccc1. The average molecular weight is 353 g/mol. The Balaban J connectivity index is 1.76. The molecule has 1 saturated heterocycles. The molecule has 3 atom stereocenters. The van der Waals surface area contributed by atoms with Crippen molar-refractivity contribution in [3.05, 3.63) is 60.2 Å². The van der Waals surface area contributed by atoms with Gasteiger partial charge in [-0.25, -0.2) is 0 Å². The van der Waals surface area contributed by atoms with E-state index in [2.05, 4.69) is 10.6 Å². The number of hydrogen-bond acceptors (Lipinski definition) is 3. The molecule has 0 radical (unpaired) electrons. The maximum absolute atomic E-state index is 13.1. The fraction of sp³-hybridized carbons (Fsp3) is 0.263. The number of carbonyl (C=O) groups excluding carboxylic acids is 1. The molecular weight excluding hydrogens is 334 g/mol. The van der Waals surface area contributed by atoms with Crippen molar-refractivity contribution in [2.45, 2.75) is 18.7 Å². The molecule has 2 aliphatic rings. The normalized spacial score (nSPS) is 27.0. The van der Waals surface area contributed by atoms with E-state index in [0.29, 0.717) is 5.11 Å². The number of amides is 1. The summed E-state index contributed by atoms with van der Waals surface area (Å²) in [6.45, 7) is 1.92. The summed E-state index contributed by atoms with van der Waals surface area (Å²) in [6, 6.07) is 17.0. The number of nitrogens with zero attached hydrogens (tertiary/aromatic N) is 1. The van der Waals surface area contributed by atoms with Crippen molar-refractivity contribution >= 4 is 28.9 Å². The summed E-state index contributed by atoms with van der Waals surface area (Å²) in [5.41, 5.74) is 0.849. The minimum Gasteiger partial charge on any atom is -0.467 e. The van der Waals surface area contributed by atoms with E-state index in [-0.39, 0.29) is 11.9 Å². The second-order valence-corrected chi connectivity index (χ2v) is 6.90. The lowest BCUT2D eigenvalue weighted by Crippen LogP contribution is -2.70. The largest absolute Gasteiger partial charge is 0.467 e. The molecular formula is C19H19N3O2S. The van der Waals surface area contributed by atoms with Gasteiger partial charge in [0.25, 0.3) is 0 Å². The van der Waals surface area contributed by atoms with Crippen LogP contribution in [0.3, 0.4) is 0 Å². The number of carbonyl (C=O) groups is 1. The first-order valence-corrected chi connectivity index (χ1v) is 8.60. The van der Waals surface area contributed by atoms with E-state index in [1.807, 2.05) is 73.5 Å². The first-order valence-electron chi connectivity index (χ1n) is 8.19. The molecule has 2 heterocycles. The standard InChI is InChI=1S/C19H19N3O2S/c1-19-15(17(23)20-12-8-4-3-5-9-12)16(21-18(25)22(19)2)13-10-6-7-11-14(13)24-19/h3-11,15-16H,1-2H3,(H,20,23)(H,21,25)/t15-,16-,19-/m0/s1. The van der Waals surface area contributed by atoms with Gasteiger partial charge in [0.2, 0.25) is 5.91 Å². The molecule has 0 aromatic heterocycles. The molecule has 1 fully saturated rings. The smallest absolute Gasteiger partial charge is 0.236 e. The number of nitrogens with one attached hydrogen (secondary N) is 2. The zero-order valence-electron chi connectivity index (χ0n) is 14.0. The highest BCUT2D eigenvalue weighted by molar-refractivity contribution is 7.80. The van der Waals surface area contributed by atoms with Gasteiger partial charge in [-0.05, 0) is 37.3 Å². The molecule has 2 N–H and O–H groups in total. The van der Waals surface area contributed by atoms with E-state index < -0.39 is 11.6 Å². The van der Waals surface area contributed by atoms with Crippen molar-refractivity contribution in [1.82, 2.24) is 10.2 Å². The van der Waals surface area contributed by atoms with Crippen LogP contribution in [0.25, 0.3) is 0 Å². The van der Waals surface area contributed by atoms with Crippen LogP contribution in [0, 0.1) is 5.92 Å². The van der Waals surface area contributed by atoms with Crippen molar-refractivity contribution in [2.75, 3.05) is 12.4 Å². The van der Waals surface area contributed by atoms with E-state index >= 15 is 0 Å². The van der Waals surface area contributed by atoms with Crippen molar-refractivity contribution < 1.29 is 9.53 Å². The van der Waals surface area contributed by atoms with Crippen LogP contribution in [0.15, 0.2) is 54.6 Å². The van der Waals surface area contributed by atoms with E-state index in [1.54, 1.807) is 0 Å². The number of para-hydroxylation sites is 2. The van der Waals surface area contributed by atoms with Gasteiger partial charge in [0.1, 0.15) is 11.7 Å². The number of benzene rings is 2. The van der Waals surface area contributed by atoms with E-state index in [9.17, 15) is 4.79 Å². The Hall–Kier alpha value is -2.60. The number of anilines is 1. The van der Waals surface area contributed by atoms with Gasteiger partial charge in [0.15, 0.2) is 10.8 Å². The Kier molecular flexibility index (Phi) is 3.65. The zero-order chi connectivity index (χ0) is 17.6. The van der Waals surface area contributed by atoms with Gasteiger partial charge in [0, 0.05) is 18.3 Å². The monoisotopic (exact) mass is 353 g/mol. The molecule has 4 rings (SSSR count). The van der Waals surface area contributed by atoms with Crippen LogP contribution in [-0.2, 0) is 4.79 Å². The van der Waals surface area contributed by atoms with Gasteiger partial charge in [-0.1, -0.05) is 36.4 Å². The predicted molar refractivity (Wildman–Crippen MR) is 100 cm³/mol. The second-order valence-electron chi connectivity index (χ2n) is 6.51. The van der Waals surface area contributed by atoms with Crippen molar-refractivity contribution in [3.63, 3.8) is 0 Å². The Morgan fingerprint density at radius 1 is 1.20 bits per heavy atom. The zero-order valence-corrected chi connectivity index (χ0v) is 14.8. The maximum atomic E-state index is 13.1. The summed E-state index contributed by atoms with van der Waals surface area (Å²) in [7, 11) is 1.85. The second kappa shape index (κ2) is 5.74. The summed E-state index contributed by atoms with van der Waals surface area (Å²) in [5.74, 6) is 0.218. The quantitative estimate of drug-likeness (QED) is 0.813. The summed E-state index contributed by atoms with van der Waals surface area (Å²) in [6.07, 6.45) is 0. The Morgan fingerprint density at radius 2 is 1.88 bits per heavy atom. The van der Waals surface area contributed by atoms with Crippen LogP contribution in [0.5, 0.6) is 5.75 Å². The maximum Gasteiger partial charge on any atom is 0.236 e. The third-order valence-electron chi connectivity index (χ3n) is 5.05. The first-order chi connectivity index (χ1) is 12.0. The van der Waals surface area contributed by atoms with Crippen LogP contribution in [-0.4, -0.2) is 28.7 Å². The van der Waals surface area contributed by atoms with Crippen molar-refractivity contribution in [3.8, 4) is 5.75 Å². The van der Waals surface area contributed by atoms with E-state index in [4.69, 9.17) is 17.0 Å². The molecule has 6 heteroatoms. The molecule has 25 heavy (non-hydrogen) atoms. The average Bonchev–Trinajstić information content (AvgIpc) is 2.60. The molecule has 0 saturated carbocycles. The number of ether oxygens (including phenoxy) is 1. The van der Waals surface area contributed by atoms with E-state index in [1.165, 1.54) is 0 Å². The van der Waals surface area contributed by atoms with Gasteiger partial charge < -0.3 is 20.3 Å². The molecule has 1 amide bonds. The predicted octanol–water partition coefficient (Wildman–Crippen LogP) is 2.91. The molecule has 2 aromatic carbocycles. The molecule has 5 nitrogen and oxygen atoms in total. The lowest BCUT2D eigenvalue weighted by atomic mass is 9.79. The third-order valence-corrected chi connectivity index (χ3v) is 5.45. The van der Waals surface area contributed by atoms with Gasteiger partial charge >= 0.3 is 0 Å². The van der Waals surface area contributed by atoms with Gasteiger partial charge in [-0.3, -0.25) is 4.79 Å². The van der Waals surface area contributed by atoms with Crippen LogP contribution >= 0.6 is 12.2 Å². The number of hydrogen-bond donors (Lipinski definition) is 2. The van der Waals surface area contributed by atoms with Crippen LogP contribution in [0.4, 0.5) is 5.69 Å². The number of thiocarbonyl (C=S) groups is 1. The number of rotatable bonds is 2. The Morgan fingerprint density at radius 3 is 2.64 bits per heavy atom. The first kappa shape index (κ1) is 15.9. The third kappa shape index (κ3) is 2.44.